The molecule has 1 aromatic carbocycles. The molecule has 1 heterocycles. The van der Waals surface area contributed by atoms with Crippen LogP contribution in [0.5, 0.6) is 5.75 Å². The Kier molecular flexibility index (Phi) is 2.79. The third kappa shape index (κ3) is 2.22. The summed E-state index contributed by atoms with van der Waals surface area (Å²) in [5, 5.41) is 12.3. The lowest BCUT2D eigenvalue weighted by Crippen LogP contribution is -2.48. The summed E-state index contributed by atoms with van der Waals surface area (Å²) in [5.41, 5.74) is 0.281. The average molecular weight is 228 g/mol. The zero-order valence-electron chi connectivity index (χ0n) is 7.87. The zero-order valence-corrected chi connectivity index (χ0v) is 8.62. The maximum Gasteiger partial charge on any atom is 0.253 e. The number of benzene rings is 1. The van der Waals surface area contributed by atoms with Crippen LogP contribution in [-0.4, -0.2) is 30.3 Å². The fraction of sp³-hybridized carbons (Fsp3) is 0.300. The first-order chi connectivity index (χ1) is 7.16. The smallest absolute Gasteiger partial charge is 0.253 e. The summed E-state index contributed by atoms with van der Waals surface area (Å²) in [6.07, 6.45) is 0. The second-order valence-electron chi connectivity index (χ2n) is 3.37. The van der Waals surface area contributed by atoms with E-state index in [0.29, 0.717) is 18.2 Å². The molecule has 0 aliphatic carbocycles. The maximum absolute atomic E-state index is 11.7. The lowest BCUT2D eigenvalue weighted by atomic mass is 10.1. The fourth-order valence-corrected chi connectivity index (χ4v) is 1.47. The summed E-state index contributed by atoms with van der Waals surface area (Å²) < 4.78 is 4.93. The van der Waals surface area contributed by atoms with Crippen molar-refractivity contribution >= 4 is 17.5 Å². The fourth-order valence-electron chi connectivity index (χ4n) is 1.27. The molecule has 1 saturated heterocycles. The van der Waals surface area contributed by atoms with Crippen LogP contribution in [0.15, 0.2) is 18.2 Å². The van der Waals surface area contributed by atoms with E-state index in [1.165, 1.54) is 18.2 Å². The van der Waals surface area contributed by atoms with E-state index < -0.39 is 0 Å². The molecule has 2 N–H and O–H groups in total. The van der Waals surface area contributed by atoms with Crippen molar-refractivity contribution in [2.24, 2.45) is 0 Å². The second-order valence-corrected chi connectivity index (χ2v) is 3.78. The van der Waals surface area contributed by atoms with Crippen LogP contribution in [0.4, 0.5) is 0 Å². The van der Waals surface area contributed by atoms with Crippen molar-refractivity contribution in [1.82, 2.24) is 5.32 Å². The summed E-state index contributed by atoms with van der Waals surface area (Å²) in [4.78, 5) is 11.7. The topological polar surface area (TPSA) is 58.6 Å². The van der Waals surface area contributed by atoms with Gasteiger partial charge in [-0.15, -0.1) is 0 Å². The standard InChI is InChI=1S/C10H10ClNO3/c11-9-2-1-7(13)3-8(9)10(14)12-6-4-15-5-6/h1-3,6,13H,4-5H2,(H,12,14). The lowest BCUT2D eigenvalue weighted by molar-refractivity contribution is -0.00346. The first-order valence-corrected chi connectivity index (χ1v) is 4.92. The number of hydrogen-bond donors (Lipinski definition) is 2. The number of carbonyl (C=O) groups is 1. The van der Waals surface area contributed by atoms with Gasteiger partial charge >= 0.3 is 0 Å². The Labute approximate surface area is 91.8 Å². The Morgan fingerprint density at radius 3 is 2.87 bits per heavy atom. The molecule has 1 aliphatic rings. The van der Waals surface area contributed by atoms with Gasteiger partial charge in [-0.2, -0.15) is 0 Å². The van der Waals surface area contributed by atoms with Crippen molar-refractivity contribution in [1.29, 1.82) is 0 Å². The molecule has 1 aliphatic heterocycles. The van der Waals surface area contributed by atoms with Gasteiger partial charge in [-0.25, -0.2) is 0 Å². The minimum absolute atomic E-state index is 0.0226. The molecule has 0 radical (unpaired) electrons. The van der Waals surface area contributed by atoms with Gasteiger partial charge in [-0.1, -0.05) is 11.6 Å². The zero-order chi connectivity index (χ0) is 10.8. The van der Waals surface area contributed by atoms with Gasteiger partial charge in [0.15, 0.2) is 0 Å². The molecule has 0 aromatic heterocycles. The lowest BCUT2D eigenvalue weighted by Gasteiger charge is -2.26. The maximum atomic E-state index is 11.7. The molecule has 1 fully saturated rings. The quantitative estimate of drug-likeness (QED) is 0.798. The van der Waals surface area contributed by atoms with Crippen LogP contribution >= 0.6 is 11.6 Å². The minimum atomic E-state index is -0.288. The highest BCUT2D eigenvalue weighted by Crippen LogP contribution is 2.21. The Bertz CT molecular complexity index is 390. The molecule has 15 heavy (non-hydrogen) atoms. The van der Waals surface area contributed by atoms with Gasteiger partial charge in [0, 0.05) is 0 Å². The van der Waals surface area contributed by atoms with Crippen LogP contribution in [0.1, 0.15) is 10.4 Å². The van der Waals surface area contributed by atoms with Gasteiger partial charge in [0.25, 0.3) is 5.91 Å². The van der Waals surface area contributed by atoms with E-state index in [1.807, 2.05) is 0 Å². The number of rotatable bonds is 2. The van der Waals surface area contributed by atoms with Crippen molar-refractivity contribution in [2.75, 3.05) is 13.2 Å². The van der Waals surface area contributed by atoms with Crippen LogP contribution in [0.2, 0.25) is 5.02 Å². The van der Waals surface area contributed by atoms with Crippen molar-refractivity contribution in [3.8, 4) is 5.75 Å². The van der Waals surface area contributed by atoms with Crippen LogP contribution in [0.25, 0.3) is 0 Å². The summed E-state index contributed by atoms with van der Waals surface area (Å²) >= 11 is 5.83. The van der Waals surface area contributed by atoms with Gasteiger partial charge < -0.3 is 15.2 Å². The molecule has 1 aromatic rings. The van der Waals surface area contributed by atoms with E-state index in [2.05, 4.69) is 5.32 Å². The van der Waals surface area contributed by atoms with E-state index in [9.17, 15) is 9.90 Å². The number of amides is 1. The molecular weight excluding hydrogens is 218 g/mol. The molecule has 5 heteroatoms. The summed E-state index contributed by atoms with van der Waals surface area (Å²) in [5.74, 6) is -0.265. The van der Waals surface area contributed by atoms with Crippen molar-refractivity contribution < 1.29 is 14.6 Å². The first kappa shape index (κ1) is 10.3. The van der Waals surface area contributed by atoms with E-state index in [0.717, 1.165) is 0 Å². The average Bonchev–Trinajstić information content (AvgIpc) is 2.15. The largest absolute Gasteiger partial charge is 0.508 e. The third-order valence-corrected chi connectivity index (χ3v) is 2.50. The number of aromatic hydroxyl groups is 1. The van der Waals surface area contributed by atoms with Gasteiger partial charge in [-0.05, 0) is 18.2 Å². The van der Waals surface area contributed by atoms with Crippen LogP contribution in [-0.2, 0) is 4.74 Å². The third-order valence-electron chi connectivity index (χ3n) is 2.17. The van der Waals surface area contributed by atoms with E-state index >= 15 is 0 Å². The molecule has 0 saturated carbocycles. The van der Waals surface area contributed by atoms with Crippen LogP contribution < -0.4 is 5.32 Å². The number of hydrogen-bond acceptors (Lipinski definition) is 3. The summed E-state index contributed by atoms with van der Waals surface area (Å²) in [7, 11) is 0. The van der Waals surface area contributed by atoms with Gasteiger partial charge in [0.2, 0.25) is 0 Å². The molecule has 0 atom stereocenters. The van der Waals surface area contributed by atoms with Gasteiger partial charge in [0.05, 0.1) is 29.8 Å². The highest BCUT2D eigenvalue weighted by Gasteiger charge is 2.22. The molecule has 0 bridgehead atoms. The van der Waals surface area contributed by atoms with Crippen LogP contribution in [0, 0.1) is 0 Å². The number of nitrogens with one attached hydrogen (secondary N) is 1. The van der Waals surface area contributed by atoms with Crippen molar-refractivity contribution in [3.63, 3.8) is 0 Å². The molecule has 0 unspecified atom stereocenters. The summed E-state index contributed by atoms with van der Waals surface area (Å²) in [6.45, 7) is 1.06. The second kappa shape index (κ2) is 4.08. The van der Waals surface area contributed by atoms with Gasteiger partial charge in [-0.3, -0.25) is 4.79 Å². The SMILES string of the molecule is O=C(NC1COC1)c1cc(O)ccc1Cl. The number of phenols is 1. The monoisotopic (exact) mass is 227 g/mol. The van der Waals surface area contributed by atoms with E-state index in [4.69, 9.17) is 16.3 Å². The number of carbonyl (C=O) groups excluding carboxylic acids is 1. The first-order valence-electron chi connectivity index (χ1n) is 4.54. The summed E-state index contributed by atoms with van der Waals surface area (Å²) in [6, 6.07) is 4.32. The highest BCUT2D eigenvalue weighted by molar-refractivity contribution is 6.33. The van der Waals surface area contributed by atoms with Crippen molar-refractivity contribution in [3.05, 3.63) is 28.8 Å². The molecule has 1 amide bonds. The van der Waals surface area contributed by atoms with E-state index in [1.54, 1.807) is 0 Å². The normalized spacial score (nSPS) is 15.8. The number of ether oxygens (including phenoxy) is 1. The predicted octanol–water partition coefficient (Wildman–Crippen LogP) is 1.17. The molecular formula is C10H10ClNO3. The van der Waals surface area contributed by atoms with Gasteiger partial charge in [0.1, 0.15) is 5.75 Å². The Hall–Kier alpha value is -1.26. The number of phenolic OH excluding ortho intramolecular Hbond substituents is 1. The Morgan fingerprint density at radius 2 is 2.27 bits per heavy atom. The number of halogens is 1. The van der Waals surface area contributed by atoms with E-state index in [-0.39, 0.29) is 23.3 Å². The minimum Gasteiger partial charge on any atom is -0.508 e. The molecule has 4 nitrogen and oxygen atoms in total. The van der Waals surface area contributed by atoms with Crippen LogP contribution in [0.3, 0.4) is 0 Å². The Balaban J connectivity index is 2.12. The molecule has 80 valence electrons. The highest BCUT2D eigenvalue weighted by atomic mass is 35.5. The van der Waals surface area contributed by atoms with Crippen molar-refractivity contribution in [2.45, 2.75) is 6.04 Å². The molecule has 0 spiro atoms. The Morgan fingerprint density at radius 1 is 1.53 bits per heavy atom. The molecule has 2 rings (SSSR count). The predicted molar refractivity (Wildman–Crippen MR) is 55.2 cm³/mol.